The van der Waals surface area contributed by atoms with Crippen molar-refractivity contribution in [1.82, 2.24) is 0 Å². The summed E-state index contributed by atoms with van der Waals surface area (Å²) >= 11 is 0. The second kappa shape index (κ2) is 8.52. The summed E-state index contributed by atoms with van der Waals surface area (Å²) in [5, 5.41) is 2.86. The zero-order chi connectivity index (χ0) is 26.8. The lowest BCUT2D eigenvalue weighted by Gasteiger charge is -2.37. The van der Waals surface area contributed by atoms with E-state index in [4.69, 9.17) is 4.74 Å². The Balaban J connectivity index is 1.64. The Bertz CT molecular complexity index is 1520. The zero-order valence-corrected chi connectivity index (χ0v) is 21.2. The first-order valence-corrected chi connectivity index (χ1v) is 12.5. The summed E-state index contributed by atoms with van der Waals surface area (Å²) < 4.78 is 5.35. The average Bonchev–Trinajstić information content (AvgIpc) is 3.35. The number of benzene rings is 3. The zero-order valence-electron chi connectivity index (χ0n) is 21.2. The topological polar surface area (TPSA) is 92.8 Å². The number of hydrogen-bond acceptors (Lipinski definition) is 6. The number of nitrogens with zero attached hydrogens (tertiary/aromatic N) is 1. The third kappa shape index (κ3) is 3.08. The number of amides is 1. The van der Waals surface area contributed by atoms with Crippen LogP contribution in [0.25, 0.3) is 6.08 Å². The number of nitrogens with one attached hydrogen (secondary N) is 1. The first-order valence-electron chi connectivity index (χ1n) is 12.5. The predicted molar refractivity (Wildman–Crippen MR) is 144 cm³/mol. The van der Waals surface area contributed by atoms with E-state index in [1.54, 1.807) is 55.6 Å². The van der Waals surface area contributed by atoms with E-state index in [9.17, 15) is 19.2 Å². The van der Waals surface area contributed by atoms with Crippen molar-refractivity contribution >= 4 is 40.7 Å². The summed E-state index contributed by atoms with van der Waals surface area (Å²) in [6, 6.07) is 18.1. The van der Waals surface area contributed by atoms with E-state index < -0.39 is 23.4 Å². The van der Waals surface area contributed by atoms with Gasteiger partial charge in [0.2, 0.25) is 5.91 Å². The maximum atomic E-state index is 14.4. The molecular formula is C31H26N2O5. The van der Waals surface area contributed by atoms with Crippen molar-refractivity contribution in [1.29, 1.82) is 0 Å². The highest BCUT2D eigenvalue weighted by molar-refractivity contribution is 6.32. The largest absolute Gasteiger partial charge is 0.497 e. The molecule has 190 valence electrons. The van der Waals surface area contributed by atoms with Gasteiger partial charge in [-0.25, -0.2) is 0 Å². The molecule has 2 heterocycles. The molecule has 3 aromatic rings. The molecule has 0 unspecified atom stereocenters. The fourth-order valence-electron chi connectivity index (χ4n) is 6.64. The fraction of sp³-hybridized carbons (Fsp3) is 0.226. The van der Waals surface area contributed by atoms with Gasteiger partial charge in [-0.2, -0.15) is 0 Å². The molecular weight excluding hydrogens is 480 g/mol. The van der Waals surface area contributed by atoms with Gasteiger partial charge in [-0.1, -0.05) is 54.6 Å². The van der Waals surface area contributed by atoms with Crippen LogP contribution in [0.15, 0.2) is 72.8 Å². The molecule has 2 aliphatic heterocycles. The molecule has 0 aromatic heterocycles. The Hall–Kier alpha value is -4.52. The minimum atomic E-state index is -1.53. The van der Waals surface area contributed by atoms with E-state index in [0.29, 0.717) is 33.8 Å². The van der Waals surface area contributed by atoms with Crippen LogP contribution in [-0.2, 0) is 9.59 Å². The van der Waals surface area contributed by atoms with Crippen LogP contribution in [0, 0.1) is 5.41 Å². The van der Waals surface area contributed by atoms with E-state index in [2.05, 4.69) is 5.32 Å². The van der Waals surface area contributed by atoms with Gasteiger partial charge in [0.05, 0.1) is 24.9 Å². The van der Waals surface area contributed by atoms with E-state index >= 15 is 0 Å². The second-order valence-corrected chi connectivity index (χ2v) is 10.0. The summed E-state index contributed by atoms with van der Waals surface area (Å²) in [4.78, 5) is 56.2. The Labute approximate surface area is 220 Å². The summed E-state index contributed by atoms with van der Waals surface area (Å²) in [5.74, 6) is -1.04. The Morgan fingerprint density at radius 3 is 2.13 bits per heavy atom. The molecule has 0 radical (unpaired) electrons. The molecule has 38 heavy (non-hydrogen) atoms. The number of carbonyl (C=O) groups excluding carboxylic acids is 4. The van der Waals surface area contributed by atoms with Gasteiger partial charge in [-0.3, -0.25) is 19.2 Å². The molecule has 7 heteroatoms. The molecule has 1 N–H and O–H groups in total. The number of rotatable bonds is 4. The maximum Gasteiger partial charge on any atom is 0.221 e. The van der Waals surface area contributed by atoms with Crippen molar-refractivity contribution < 1.29 is 23.9 Å². The van der Waals surface area contributed by atoms with Gasteiger partial charge in [0.25, 0.3) is 0 Å². The second-order valence-electron chi connectivity index (χ2n) is 10.0. The molecule has 1 spiro atoms. The van der Waals surface area contributed by atoms with Crippen LogP contribution in [0.5, 0.6) is 5.75 Å². The normalized spacial score (nSPS) is 22.2. The highest BCUT2D eigenvalue weighted by atomic mass is 16.5. The summed E-state index contributed by atoms with van der Waals surface area (Å²) in [5.41, 5.74) is 1.95. The van der Waals surface area contributed by atoms with Crippen LogP contribution in [-0.4, -0.2) is 42.5 Å². The van der Waals surface area contributed by atoms with Crippen molar-refractivity contribution in [3.8, 4) is 5.75 Å². The molecule has 3 atom stereocenters. The quantitative estimate of drug-likeness (QED) is 0.517. The van der Waals surface area contributed by atoms with Gasteiger partial charge in [0.1, 0.15) is 11.2 Å². The molecule has 1 saturated heterocycles. The molecule has 3 aliphatic rings. The molecule has 1 aliphatic carbocycles. The molecule has 7 nitrogen and oxygen atoms in total. The van der Waals surface area contributed by atoms with E-state index in [0.717, 1.165) is 5.56 Å². The van der Waals surface area contributed by atoms with Crippen LogP contribution in [0.4, 0.5) is 11.4 Å². The van der Waals surface area contributed by atoms with Crippen molar-refractivity contribution in [3.63, 3.8) is 0 Å². The lowest BCUT2D eigenvalue weighted by Crippen LogP contribution is -2.48. The molecule has 1 amide bonds. The number of fused-ring (bicyclic) bond motifs is 5. The molecule has 1 fully saturated rings. The highest BCUT2D eigenvalue weighted by Crippen LogP contribution is 2.61. The standard InChI is InChI=1S/C31H26N2O5/c1-17(34)28-27(19-11-13-20(38-3)14-12-19)31(29(36)21-7-4-5-8-22(21)30(31)37)26-16-15-23-24(32-18(2)35)9-6-10-25(23)33(26)28/h4-16,26-28H,1-3H3,(H,32,35)/t26-,27+,28-/m1/s1. The lowest BCUT2D eigenvalue weighted by atomic mass is 9.64. The van der Waals surface area contributed by atoms with Crippen LogP contribution in [0.1, 0.15) is 51.6 Å². The third-order valence-electron chi connectivity index (χ3n) is 8.05. The molecule has 0 bridgehead atoms. The molecule has 3 aromatic carbocycles. The first kappa shape index (κ1) is 23.9. The van der Waals surface area contributed by atoms with Gasteiger partial charge < -0.3 is 15.0 Å². The minimum Gasteiger partial charge on any atom is -0.497 e. The van der Waals surface area contributed by atoms with Crippen LogP contribution in [0.3, 0.4) is 0 Å². The third-order valence-corrected chi connectivity index (χ3v) is 8.05. The highest BCUT2D eigenvalue weighted by Gasteiger charge is 2.71. The number of methoxy groups -OCH3 is 1. The van der Waals surface area contributed by atoms with Gasteiger partial charge in [0, 0.05) is 35.2 Å². The van der Waals surface area contributed by atoms with Crippen LogP contribution < -0.4 is 15.0 Å². The van der Waals surface area contributed by atoms with Crippen molar-refractivity contribution in [2.24, 2.45) is 5.41 Å². The fourth-order valence-corrected chi connectivity index (χ4v) is 6.64. The number of anilines is 2. The number of hydrogen-bond donors (Lipinski definition) is 1. The minimum absolute atomic E-state index is 0.157. The summed E-state index contributed by atoms with van der Waals surface area (Å²) in [6.07, 6.45) is 3.69. The van der Waals surface area contributed by atoms with Crippen LogP contribution in [0.2, 0.25) is 0 Å². The number of carbonyl (C=O) groups is 4. The van der Waals surface area contributed by atoms with E-state index in [1.165, 1.54) is 13.8 Å². The van der Waals surface area contributed by atoms with Gasteiger partial charge in [-0.15, -0.1) is 0 Å². The van der Waals surface area contributed by atoms with Gasteiger partial charge in [0.15, 0.2) is 17.3 Å². The SMILES string of the molecule is COc1ccc([C@H]2[C@@H](C(C)=O)N3c4cccc(NC(C)=O)c4C=C[C@@H]3C23C(=O)c2ccccc2C3=O)cc1. The number of ketones is 3. The Morgan fingerprint density at radius 2 is 1.55 bits per heavy atom. The van der Waals surface area contributed by atoms with Crippen LogP contribution >= 0.6 is 0 Å². The molecule has 0 saturated carbocycles. The predicted octanol–water partition coefficient (Wildman–Crippen LogP) is 4.68. The van der Waals surface area contributed by atoms with Crippen molar-refractivity contribution in [3.05, 3.63) is 95.1 Å². The Morgan fingerprint density at radius 1 is 0.895 bits per heavy atom. The smallest absolute Gasteiger partial charge is 0.221 e. The van der Waals surface area contributed by atoms with E-state index in [-0.39, 0.29) is 23.3 Å². The molecule has 6 rings (SSSR count). The summed E-state index contributed by atoms with van der Waals surface area (Å²) in [7, 11) is 1.57. The van der Waals surface area contributed by atoms with Crippen molar-refractivity contribution in [2.45, 2.75) is 31.8 Å². The van der Waals surface area contributed by atoms with Gasteiger partial charge >= 0.3 is 0 Å². The van der Waals surface area contributed by atoms with Crippen molar-refractivity contribution in [2.75, 3.05) is 17.3 Å². The maximum absolute atomic E-state index is 14.4. The van der Waals surface area contributed by atoms with Gasteiger partial charge in [-0.05, 0) is 36.8 Å². The monoisotopic (exact) mass is 506 g/mol. The summed E-state index contributed by atoms with van der Waals surface area (Å²) in [6.45, 7) is 2.94. The van der Waals surface area contributed by atoms with E-state index in [1.807, 2.05) is 35.3 Å². The number of Topliss-reactive ketones (excluding diaryl/α,β-unsaturated/α-hetero) is 3. The number of ether oxygens (including phenoxy) is 1. The Kier molecular flexibility index (Phi) is 5.35. The lowest BCUT2D eigenvalue weighted by molar-refractivity contribution is -0.118. The average molecular weight is 507 g/mol. The first-order chi connectivity index (χ1) is 18.3.